The van der Waals surface area contributed by atoms with E-state index in [2.05, 4.69) is 41.5 Å². The highest BCUT2D eigenvalue weighted by Gasteiger charge is 2.17. The lowest BCUT2D eigenvalue weighted by Gasteiger charge is -2.15. The molecule has 0 saturated carbocycles. The molecule has 2 aromatic heterocycles. The number of nitrogens with zero attached hydrogens (tertiary/aromatic N) is 3. The second-order valence-electron chi connectivity index (χ2n) is 7.68. The number of fused-ring (bicyclic) bond motifs is 2. The van der Waals surface area contributed by atoms with Crippen LogP contribution in [0.3, 0.4) is 0 Å². The smallest absolute Gasteiger partial charge is 0.257 e. The first-order valence-corrected chi connectivity index (χ1v) is 11.1. The number of aryl methyl sites for hydroxylation is 1. The van der Waals surface area contributed by atoms with Crippen molar-refractivity contribution in [3.8, 4) is 0 Å². The average molecular weight is 517 g/mol. The third-order valence-corrected chi connectivity index (χ3v) is 6.01. The zero-order valence-electron chi connectivity index (χ0n) is 17.9. The lowest BCUT2D eigenvalue weighted by atomic mass is 10.0. The first-order valence-electron chi connectivity index (χ1n) is 10.3. The first kappa shape index (κ1) is 21.7. The molecule has 0 aliphatic carbocycles. The van der Waals surface area contributed by atoms with Gasteiger partial charge in [0.25, 0.3) is 5.91 Å². The molecule has 0 bridgehead atoms. The topological polar surface area (TPSA) is 106 Å². The van der Waals surface area contributed by atoms with Gasteiger partial charge in [0.2, 0.25) is 0 Å². The largest absolute Gasteiger partial charge is 0.383 e. The van der Waals surface area contributed by atoms with Gasteiger partial charge in [-0.2, -0.15) is 0 Å². The van der Waals surface area contributed by atoms with E-state index in [1.165, 1.54) is 12.4 Å². The number of para-hydroxylation sites is 1. The number of anilines is 4. The summed E-state index contributed by atoms with van der Waals surface area (Å²) in [6.07, 6.45) is 2.95. The van der Waals surface area contributed by atoms with Gasteiger partial charge in [-0.25, -0.2) is 19.3 Å². The molecule has 0 atom stereocenters. The number of benzene rings is 3. The number of aromatic nitrogens is 3. The predicted molar refractivity (Wildman–Crippen MR) is 136 cm³/mol. The van der Waals surface area contributed by atoms with Crippen LogP contribution in [0.2, 0.25) is 0 Å². The number of hydrogen-bond acceptors (Lipinski definition) is 6. The second-order valence-corrected chi connectivity index (χ2v) is 8.59. The minimum atomic E-state index is -0.403. The fourth-order valence-corrected chi connectivity index (χ4v) is 4.18. The Morgan fingerprint density at radius 2 is 1.85 bits per heavy atom. The maximum Gasteiger partial charge on any atom is 0.257 e. The number of carbonyl (C=O) groups excluding carboxylic acids is 1. The molecule has 1 amide bonds. The van der Waals surface area contributed by atoms with Gasteiger partial charge in [0.1, 0.15) is 23.8 Å². The van der Waals surface area contributed by atoms with Crippen molar-refractivity contribution in [1.82, 2.24) is 15.0 Å². The normalized spacial score (nSPS) is 11.0. The van der Waals surface area contributed by atoms with Crippen molar-refractivity contribution in [2.45, 2.75) is 6.92 Å². The summed E-state index contributed by atoms with van der Waals surface area (Å²) in [5, 5.41) is 8.17. The van der Waals surface area contributed by atoms with Crippen molar-refractivity contribution >= 4 is 66.5 Å². The summed E-state index contributed by atoms with van der Waals surface area (Å²) < 4.78 is 15.1. The number of carbonyl (C=O) groups is 1. The van der Waals surface area contributed by atoms with Crippen LogP contribution in [0.5, 0.6) is 0 Å². The fraction of sp³-hybridized carbons (Fsp3) is 0.0400. The van der Waals surface area contributed by atoms with E-state index in [0.29, 0.717) is 33.8 Å². The average Bonchev–Trinajstić information content (AvgIpc) is 2.83. The molecule has 0 radical (unpaired) electrons. The van der Waals surface area contributed by atoms with Crippen molar-refractivity contribution in [1.29, 1.82) is 0 Å². The summed E-state index contributed by atoms with van der Waals surface area (Å²) in [6, 6.07) is 15.4. The Hall–Kier alpha value is -4.11. The zero-order valence-corrected chi connectivity index (χ0v) is 19.5. The van der Waals surface area contributed by atoms with Crippen molar-refractivity contribution in [3.63, 3.8) is 0 Å². The summed E-state index contributed by atoms with van der Waals surface area (Å²) in [5.41, 5.74) is 8.58. The Bertz CT molecular complexity index is 1590. The highest BCUT2D eigenvalue weighted by molar-refractivity contribution is 9.10. The lowest BCUT2D eigenvalue weighted by Crippen LogP contribution is -2.14. The summed E-state index contributed by atoms with van der Waals surface area (Å²) in [6.45, 7) is 1.90. The summed E-state index contributed by atoms with van der Waals surface area (Å²) >= 11 is 3.36. The number of hydrogen-bond donors (Lipinski definition) is 3. The van der Waals surface area contributed by atoms with Crippen LogP contribution in [0.15, 0.2) is 71.6 Å². The van der Waals surface area contributed by atoms with Gasteiger partial charge in [-0.15, -0.1) is 0 Å². The third kappa shape index (κ3) is 3.90. The molecular weight excluding hydrogens is 499 g/mol. The molecule has 5 rings (SSSR count). The molecule has 7 nitrogen and oxygen atoms in total. The minimum absolute atomic E-state index is 0.286. The van der Waals surface area contributed by atoms with Crippen LogP contribution >= 0.6 is 15.9 Å². The van der Waals surface area contributed by atoms with E-state index >= 15 is 0 Å². The Morgan fingerprint density at radius 3 is 2.71 bits per heavy atom. The van der Waals surface area contributed by atoms with Gasteiger partial charge >= 0.3 is 0 Å². The van der Waals surface area contributed by atoms with Crippen molar-refractivity contribution < 1.29 is 9.18 Å². The maximum absolute atomic E-state index is 14.3. The van der Waals surface area contributed by atoms with Gasteiger partial charge in [-0.1, -0.05) is 34.1 Å². The van der Waals surface area contributed by atoms with Crippen LogP contribution in [0.1, 0.15) is 15.9 Å². The Morgan fingerprint density at radius 1 is 1.00 bits per heavy atom. The standard InChI is InChI=1S/C25H18BrFN6O/c1-13-5-7-16-15(9-10-29-24(16)32-20-11-14(26)6-8-19(20)27)21(13)33-25(34)18-4-2-3-17-22(18)30-12-31-23(17)28/h2-12H,1H3,(H,29,32)(H,33,34)(H2,28,30,31). The highest BCUT2D eigenvalue weighted by atomic mass is 79.9. The molecule has 0 unspecified atom stereocenters. The SMILES string of the molecule is Cc1ccc2c(Nc3cc(Br)ccc3F)nccc2c1NC(=O)c1cccc2c(N)ncnc12. The Balaban J connectivity index is 1.57. The fourth-order valence-electron chi connectivity index (χ4n) is 3.82. The number of nitrogens with one attached hydrogen (secondary N) is 2. The van der Waals surface area contributed by atoms with Gasteiger partial charge in [0, 0.05) is 26.8 Å². The highest BCUT2D eigenvalue weighted by Crippen LogP contribution is 2.33. The second kappa shape index (κ2) is 8.68. The maximum atomic E-state index is 14.3. The van der Waals surface area contributed by atoms with Gasteiger partial charge in [-0.05, 0) is 48.9 Å². The van der Waals surface area contributed by atoms with Crippen molar-refractivity contribution in [3.05, 3.63) is 88.5 Å². The van der Waals surface area contributed by atoms with Gasteiger partial charge in [-0.3, -0.25) is 4.79 Å². The number of rotatable bonds is 4. The number of amides is 1. The molecular formula is C25H18BrFN6O. The van der Waals surface area contributed by atoms with E-state index in [0.717, 1.165) is 20.8 Å². The van der Waals surface area contributed by atoms with Gasteiger partial charge in [0.05, 0.1) is 22.5 Å². The minimum Gasteiger partial charge on any atom is -0.383 e. The lowest BCUT2D eigenvalue weighted by molar-refractivity contribution is 0.102. The van der Waals surface area contributed by atoms with Crippen LogP contribution in [-0.2, 0) is 0 Å². The number of pyridine rings is 1. The van der Waals surface area contributed by atoms with Crippen molar-refractivity contribution in [2.75, 3.05) is 16.4 Å². The molecule has 2 heterocycles. The van der Waals surface area contributed by atoms with E-state index in [-0.39, 0.29) is 11.6 Å². The Labute approximate surface area is 202 Å². The predicted octanol–water partition coefficient (Wildman–Crippen LogP) is 5.97. The molecule has 0 fully saturated rings. The quantitative estimate of drug-likeness (QED) is 0.272. The van der Waals surface area contributed by atoms with E-state index in [1.54, 1.807) is 36.5 Å². The summed E-state index contributed by atoms with van der Waals surface area (Å²) in [4.78, 5) is 25.9. The van der Waals surface area contributed by atoms with Crippen LogP contribution < -0.4 is 16.4 Å². The molecule has 168 valence electrons. The van der Waals surface area contributed by atoms with Gasteiger partial charge in [0.15, 0.2) is 0 Å². The van der Waals surface area contributed by atoms with E-state index in [4.69, 9.17) is 5.73 Å². The number of nitrogen functional groups attached to an aromatic ring is 1. The number of halogens is 2. The zero-order chi connectivity index (χ0) is 23.8. The molecule has 9 heteroatoms. The van der Waals surface area contributed by atoms with Crippen molar-refractivity contribution in [2.24, 2.45) is 0 Å². The molecule has 0 aliphatic rings. The molecule has 3 aromatic carbocycles. The Kier molecular flexibility index (Phi) is 5.54. The molecule has 0 spiro atoms. The van der Waals surface area contributed by atoms with Gasteiger partial charge < -0.3 is 16.4 Å². The monoisotopic (exact) mass is 516 g/mol. The molecule has 0 aliphatic heterocycles. The first-order chi connectivity index (χ1) is 16.4. The molecule has 34 heavy (non-hydrogen) atoms. The van der Waals surface area contributed by atoms with Crippen LogP contribution in [0.25, 0.3) is 21.7 Å². The van der Waals surface area contributed by atoms with E-state index in [9.17, 15) is 9.18 Å². The van der Waals surface area contributed by atoms with E-state index in [1.807, 2.05) is 25.1 Å². The third-order valence-electron chi connectivity index (χ3n) is 5.51. The van der Waals surface area contributed by atoms with Crippen LogP contribution in [0, 0.1) is 12.7 Å². The number of nitrogens with two attached hydrogens (primary N) is 1. The van der Waals surface area contributed by atoms with Crippen LogP contribution in [-0.4, -0.2) is 20.9 Å². The molecule has 5 aromatic rings. The summed E-state index contributed by atoms with van der Waals surface area (Å²) in [5.74, 6) is 0.0433. The van der Waals surface area contributed by atoms with E-state index < -0.39 is 5.82 Å². The summed E-state index contributed by atoms with van der Waals surface area (Å²) in [7, 11) is 0. The molecule has 4 N–H and O–H groups in total. The molecule has 0 saturated heterocycles. The van der Waals surface area contributed by atoms with Crippen LogP contribution in [0.4, 0.5) is 27.4 Å².